The van der Waals surface area contributed by atoms with Crippen molar-refractivity contribution in [3.8, 4) is 17.3 Å². The van der Waals surface area contributed by atoms with Crippen LogP contribution in [0.25, 0.3) is 22.2 Å². The second-order valence-electron chi connectivity index (χ2n) is 5.84. The van der Waals surface area contributed by atoms with E-state index in [-0.39, 0.29) is 5.56 Å². The number of carboxylic acids is 1. The van der Waals surface area contributed by atoms with Crippen molar-refractivity contribution >= 4 is 16.9 Å². The Morgan fingerprint density at radius 2 is 2.26 bits per heavy atom. The largest absolute Gasteiger partial charge is 0.478 e. The van der Waals surface area contributed by atoms with Gasteiger partial charge in [0.15, 0.2) is 0 Å². The zero-order valence-electron chi connectivity index (χ0n) is 12.3. The summed E-state index contributed by atoms with van der Waals surface area (Å²) in [7, 11) is 0. The number of carbonyl (C=O) groups is 1. The molecule has 4 rings (SSSR count). The van der Waals surface area contributed by atoms with Gasteiger partial charge < -0.3 is 9.67 Å². The third-order valence-electron chi connectivity index (χ3n) is 4.58. The minimum Gasteiger partial charge on any atom is -0.478 e. The second kappa shape index (κ2) is 4.99. The maximum Gasteiger partial charge on any atom is 0.339 e. The molecule has 0 radical (unpaired) electrons. The summed E-state index contributed by atoms with van der Waals surface area (Å²) >= 11 is 0. The number of aromatic carboxylic acids is 1. The number of benzene rings is 1. The zero-order chi connectivity index (χ0) is 16.0. The Balaban J connectivity index is 1.89. The van der Waals surface area contributed by atoms with Crippen molar-refractivity contribution in [3.05, 3.63) is 41.7 Å². The molecule has 1 aromatic carbocycles. The molecule has 2 aromatic heterocycles. The van der Waals surface area contributed by atoms with Crippen LogP contribution in [0, 0.1) is 11.3 Å². The molecular weight excluding hydrogens is 292 g/mol. The van der Waals surface area contributed by atoms with Gasteiger partial charge in [-0.1, -0.05) is 6.07 Å². The van der Waals surface area contributed by atoms with Gasteiger partial charge in [-0.2, -0.15) is 10.4 Å². The van der Waals surface area contributed by atoms with Gasteiger partial charge in [-0.15, -0.1) is 0 Å². The quantitative estimate of drug-likeness (QED) is 0.776. The number of fused-ring (bicyclic) bond motifs is 1. The van der Waals surface area contributed by atoms with Gasteiger partial charge in [0.05, 0.1) is 17.5 Å². The van der Waals surface area contributed by atoms with E-state index in [0.29, 0.717) is 17.3 Å². The summed E-state index contributed by atoms with van der Waals surface area (Å²) in [5, 5.41) is 26.0. The molecule has 0 unspecified atom stereocenters. The molecule has 1 saturated carbocycles. The average molecular weight is 306 g/mol. The Bertz CT molecular complexity index is 957. The summed E-state index contributed by atoms with van der Waals surface area (Å²) in [6.07, 6.45) is 6.70. The fraction of sp³-hybridized carbons (Fsp3) is 0.235. The van der Waals surface area contributed by atoms with Crippen molar-refractivity contribution in [1.29, 1.82) is 5.26 Å². The highest BCUT2D eigenvalue weighted by Gasteiger charge is 2.23. The second-order valence-corrected chi connectivity index (χ2v) is 5.84. The zero-order valence-corrected chi connectivity index (χ0v) is 12.3. The molecule has 114 valence electrons. The van der Waals surface area contributed by atoms with Gasteiger partial charge in [0, 0.05) is 28.7 Å². The fourth-order valence-corrected chi connectivity index (χ4v) is 3.14. The van der Waals surface area contributed by atoms with Crippen molar-refractivity contribution < 1.29 is 9.90 Å². The lowest BCUT2D eigenvalue weighted by Gasteiger charge is -2.27. The number of hydrogen-bond acceptors (Lipinski definition) is 3. The van der Waals surface area contributed by atoms with Crippen LogP contribution in [0.4, 0.5) is 0 Å². The van der Waals surface area contributed by atoms with Gasteiger partial charge in [0.1, 0.15) is 11.6 Å². The average Bonchev–Trinajstić information content (AvgIpc) is 3.10. The van der Waals surface area contributed by atoms with E-state index in [2.05, 4.69) is 20.8 Å². The van der Waals surface area contributed by atoms with E-state index in [4.69, 9.17) is 0 Å². The lowest BCUT2D eigenvalue weighted by molar-refractivity contribution is 0.0698. The van der Waals surface area contributed by atoms with Crippen molar-refractivity contribution in [1.82, 2.24) is 14.8 Å². The number of aromatic amines is 1. The van der Waals surface area contributed by atoms with Crippen LogP contribution in [-0.4, -0.2) is 25.8 Å². The molecule has 3 aromatic rings. The Kier molecular flexibility index (Phi) is 2.95. The normalized spacial score (nSPS) is 14.6. The number of carboxylic acid groups (broad SMARTS) is 1. The molecule has 0 bridgehead atoms. The molecule has 0 atom stereocenters. The molecule has 1 aliphatic rings. The van der Waals surface area contributed by atoms with Crippen molar-refractivity contribution in [2.75, 3.05) is 0 Å². The predicted octanol–water partition coefficient (Wildman–Crippen LogP) is 3.33. The standard InChI is InChI=1S/C17H14N4O2/c18-7-11-9-21(12-2-1-3-12)15-5-4-10(6-13(11)15)16-14(17(22)23)8-19-20-16/h4-6,8-9,12H,1-3H2,(H,19,20)(H,22,23). The molecule has 1 fully saturated rings. The maximum atomic E-state index is 11.3. The number of H-pyrrole nitrogens is 1. The summed E-state index contributed by atoms with van der Waals surface area (Å²) in [5.41, 5.74) is 2.94. The van der Waals surface area contributed by atoms with E-state index in [1.807, 2.05) is 24.4 Å². The van der Waals surface area contributed by atoms with E-state index >= 15 is 0 Å². The third-order valence-corrected chi connectivity index (χ3v) is 4.58. The number of hydrogen-bond donors (Lipinski definition) is 2. The number of aromatic nitrogens is 3. The van der Waals surface area contributed by atoms with E-state index in [0.717, 1.165) is 29.3 Å². The molecule has 6 nitrogen and oxygen atoms in total. The fourth-order valence-electron chi connectivity index (χ4n) is 3.14. The van der Waals surface area contributed by atoms with Gasteiger partial charge in [0.2, 0.25) is 0 Å². The number of nitrogens with zero attached hydrogens (tertiary/aromatic N) is 3. The summed E-state index contributed by atoms with van der Waals surface area (Å²) in [6, 6.07) is 8.40. The molecule has 0 amide bonds. The maximum absolute atomic E-state index is 11.3. The van der Waals surface area contributed by atoms with Crippen LogP contribution in [-0.2, 0) is 0 Å². The van der Waals surface area contributed by atoms with Gasteiger partial charge in [-0.3, -0.25) is 5.10 Å². The van der Waals surface area contributed by atoms with Crippen LogP contribution in [0.3, 0.4) is 0 Å². The minimum atomic E-state index is -1.03. The Hall–Kier alpha value is -3.07. The lowest BCUT2D eigenvalue weighted by Crippen LogP contribution is -2.15. The molecule has 1 aliphatic carbocycles. The Morgan fingerprint density at radius 1 is 1.43 bits per heavy atom. The topological polar surface area (TPSA) is 94.7 Å². The molecule has 0 aliphatic heterocycles. The van der Waals surface area contributed by atoms with Crippen LogP contribution >= 0.6 is 0 Å². The molecule has 2 N–H and O–H groups in total. The minimum absolute atomic E-state index is 0.126. The molecule has 23 heavy (non-hydrogen) atoms. The highest BCUT2D eigenvalue weighted by Crippen LogP contribution is 2.37. The first-order valence-corrected chi connectivity index (χ1v) is 7.51. The van der Waals surface area contributed by atoms with Crippen molar-refractivity contribution in [2.24, 2.45) is 0 Å². The number of nitrogens with one attached hydrogen (secondary N) is 1. The summed E-state index contributed by atoms with van der Waals surface area (Å²) in [4.78, 5) is 11.3. The summed E-state index contributed by atoms with van der Waals surface area (Å²) in [5.74, 6) is -1.03. The van der Waals surface area contributed by atoms with Crippen molar-refractivity contribution in [3.63, 3.8) is 0 Å². The van der Waals surface area contributed by atoms with Crippen LogP contribution in [0.2, 0.25) is 0 Å². The first-order valence-electron chi connectivity index (χ1n) is 7.51. The highest BCUT2D eigenvalue weighted by atomic mass is 16.4. The number of nitriles is 1. The molecule has 6 heteroatoms. The van der Waals surface area contributed by atoms with Gasteiger partial charge in [0.25, 0.3) is 0 Å². The first kappa shape index (κ1) is 13.6. The third kappa shape index (κ3) is 2.01. The SMILES string of the molecule is N#Cc1cn(C2CCC2)c2ccc(-c3[nH]ncc3C(=O)O)cc12. The van der Waals surface area contributed by atoms with Crippen molar-refractivity contribution in [2.45, 2.75) is 25.3 Å². The van der Waals surface area contributed by atoms with E-state index < -0.39 is 5.97 Å². The van der Waals surface area contributed by atoms with E-state index in [1.165, 1.54) is 12.6 Å². The number of rotatable bonds is 3. The summed E-state index contributed by atoms with van der Waals surface area (Å²) < 4.78 is 2.17. The monoisotopic (exact) mass is 306 g/mol. The Labute approximate surface area is 132 Å². The molecule has 0 spiro atoms. The van der Waals surface area contributed by atoms with Crippen LogP contribution in [0.5, 0.6) is 0 Å². The van der Waals surface area contributed by atoms with Gasteiger partial charge in [-0.05, 0) is 31.4 Å². The van der Waals surface area contributed by atoms with Gasteiger partial charge in [-0.25, -0.2) is 4.79 Å². The highest BCUT2D eigenvalue weighted by molar-refractivity contribution is 5.97. The van der Waals surface area contributed by atoms with Crippen LogP contribution < -0.4 is 0 Å². The van der Waals surface area contributed by atoms with Gasteiger partial charge >= 0.3 is 5.97 Å². The predicted molar refractivity (Wildman–Crippen MR) is 84.1 cm³/mol. The van der Waals surface area contributed by atoms with E-state index in [9.17, 15) is 15.2 Å². The lowest BCUT2D eigenvalue weighted by atomic mass is 9.93. The molecule has 2 heterocycles. The van der Waals surface area contributed by atoms with Crippen LogP contribution in [0.1, 0.15) is 41.2 Å². The Morgan fingerprint density at radius 3 is 2.91 bits per heavy atom. The first-order chi connectivity index (χ1) is 11.2. The smallest absolute Gasteiger partial charge is 0.339 e. The van der Waals surface area contributed by atoms with E-state index in [1.54, 1.807) is 0 Å². The summed E-state index contributed by atoms with van der Waals surface area (Å²) in [6.45, 7) is 0. The van der Waals surface area contributed by atoms with Crippen LogP contribution in [0.15, 0.2) is 30.6 Å². The molecule has 0 saturated heterocycles. The molecular formula is C17H14N4O2.